The van der Waals surface area contributed by atoms with Crippen molar-refractivity contribution in [2.45, 2.75) is 31.6 Å². The summed E-state index contributed by atoms with van der Waals surface area (Å²) < 4.78 is 0. The van der Waals surface area contributed by atoms with Crippen molar-refractivity contribution < 1.29 is 9.59 Å². The summed E-state index contributed by atoms with van der Waals surface area (Å²) in [5, 5.41) is 3.11. The second kappa shape index (κ2) is 7.57. The first kappa shape index (κ1) is 19.3. The van der Waals surface area contributed by atoms with Crippen LogP contribution in [0.4, 0.5) is 5.69 Å². The number of anilines is 1. The molecule has 3 aromatic carbocycles. The molecule has 1 amide bonds. The maximum absolute atomic E-state index is 13.4. The van der Waals surface area contributed by atoms with Crippen LogP contribution in [-0.2, 0) is 9.59 Å². The first-order valence-corrected chi connectivity index (χ1v) is 10.8. The molecule has 0 spiro atoms. The van der Waals surface area contributed by atoms with E-state index in [0.717, 1.165) is 34.0 Å². The van der Waals surface area contributed by atoms with Crippen LogP contribution >= 0.6 is 23.2 Å². The predicted octanol–water partition coefficient (Wildman–Crippen LogP) is 6.67. The maximum atomic E-state index is 13.4. The van der Waals surface area contributed by atoms with Gasteiger partial charge in [0.05, 0.1) is 10.7 Å². The molecule has 0 saturated heterocycles. The van der Waals surface area contributed by atoms with E-state index >= 15 is 0 Å². The summed E-state index contributed by atoms with van der Waals surface area (Å²) >= 11 is 12.5. The third kappa shape index (κ3) is 3.13. The van der Waals surface area contributed by atoms with Crippen molar-refractivity contribution in [3.8, 4) is 0 Å². The average Bonchev–Trinajstić information content (AvgIpc) is 2.74. The Balaban J connectivity index is 1.72. The fourth-order valence-corrected chi connectivity index (χ4v) is 5.25. The molecular formula is C25H19Cl2NO2. The third-order valence-corrected chi connectivity index (χ3v) is 6.56. The van der Waals surface area contributed by atoms with Gasteiger partial charge in [0.15, 0.2) is 5.78 Å². The van der Waals surface area contributed by atoms with E-state index in [4.69, 9.17) is 23.2 Å². The molecule has 1 aliphatic carbocycles. The number of fused-ring (bicyclic) bond motifs is 1. The molecule has 5 rings (SSSR count). The highest BCUT2D eigenvalue weighted by molar-refractivity contribution is 6.37. The molecule has 5 heteroatoms. The second-order valence-corrected chi connectivity index (χ2v) is 8.63. The zero-order chi connectivity index (χ0) is 20.8. The quantitative estimate of drug-likeness (QED) is 0.450. The summed E-state index contributed by atoms with van der Waals surface area (Å²) in [5.41, 5.74) is 3.16. The van der Waals surface area contributed by atoms with E-state index in [1.54, 1.807) is 23.1 Å². The number of benzene rings is 3. The summed E-state index contributed by atoms with van der Waals surface area (Å²) in [5.74, 6) is -0.170. The lowest BCUT2D eigenvalue weighted by Gasteiger charge is -2.39. The molecule has 1 unspecified atom stereocenters. The Hall–Kier alpha value is -2.62. The summed E-state index contributed by atoms with van der Waals surface area (Å²) in [6.45, 7) is 0. The molecule has 0 fully saturated rings. The number of hydrogen-bond donors (Lipinski definition) is 0. The number of nitrogens with zero attached hydrogens (tertiary/aromatic N) is 1. The van der Waals surface area contributed by atoms with E-state index in [1.165, 1.54) is 0 Å². The lowest BCUT2D eigenvalue weighted by Crippen LogP contribution is -2.40. The number of ketones is 1. The molecule has 150 valence electrons. The van der Waals surface area contributed by atoms with Gasteiger partial charge in [0.25, 0.3) is 0 Å². The molecule has 1 heterocycles. The number of allylic oxidation sites excluding steroid dienone is 2. The van der Waals surface area contributed by atoms with Gasteiger partial charge in [0, 0.05) is 35.1 Å². The Morgan fingerprint density at radius 1 is 0.900 bits per heavy atom. The molecule has 0 bridgehead atoms. The SMILES string of the molecule is O=C1CCCC2=C1C(c1cccc3ccccc13)CC(=O)N2c1ccc(Cl)cc1Cl. The van der Waals surface area contributed by atoms with Gasteiger partial charge in [-0.3, -0.25) is 14.5 Å². The lowest BCUT2D eigenvalue weighted by molar-refractivity contribution is -0.119. The molecule has 3 aromatic rings. The lowest BCUT2D eigenvalue weighted by atomic mass is 9.76. The zero-order valence-corrected chi connectivity index (χ0v) is 17.7. The minimum atomic E-state index is -0.242. The van der Waals surface area contributed by atoms with Crippen molar-refractivity contribution in [3.63, 3.8) is 0 Å². The molecule has 1 atom stereocenters. The minimum Gasteiger partial charge on any atom is -0.294 e. The third-order valence-electron chi connectivity index (χ3n) is 6.02. The van der Waals surface area contributed by atoms with Crippen LogP contribution in [0, 0.1) is 0 Å². The van der Waals surface area contributed by atoms with Crippen molar-refractivity contribution in [1.29, 1.82) is 0 Å². The number of halogens is 2. The number of Topliss-reactive ketones (excluding diaryl/α,β-unsaturated/α-hetero) is 1. The normalized spacial score (nSPS) is 19.4. The van der Waals surface area contributed by atoms with Crippen LogP contribution in [0.15, 0.2) is 71.9 Å². The van der Waals surface area contributed by atoms with Crippen LogP contribution in [-0.4, -0.2) is 11.7 Å². The average molecular weight is 436 g/mol. The van der Waals surface area contributed by atoms with E-state index in [1.807, 2.05) is 24.3 Å². The number of carbonyl (C=O) groups is 2. The fraction of sp³-hybridized carbons (Fsp3) is 0.200. The van der Waals surface area contributed by atoms with Gasteiger partial charge in [-0.1, -0.05) is 65.7 Å². The molecule has 0 radical (unpaired) electrons. The van der Waals surface area contributed by atoms with E-state index in [-0.39, 0.29) is 24.0 Å². The van der Waals surface area contributed by atoms with Crippen molar-refractivity contribution in [2.24, 2.45) is 0 Å². The minimum absolute atomic E-state index is 0.0504. The van der Waals surface area contributed by atoms with Gasteiger partial charge in [-0.05, 0) is 47.4 Å². The molecule has 30 heavy (non-hydrogen) atoms. The maximum Gasteiger partial charge on any atom is 0.232 e. The number of carbonyl (C=O) groups excluding carboxylic acids is 2. The van der Waals surface area contributed by atoms with Gasteiger partial charge >= 0.3 is 0 Å². The Kier molecular flexibility index (Phi) is 4.88. The summed E-state index contributed by atoms with van der Waals surface area (Å²) in [4.78, 5) is 28.2. The van der Waals surface area contributed by atoms with E-state index in [0.29, 0.717) is 28.6 Å². The van der Waals surface area contributed by atoms with Crippen LogP contribution in [0.5, 0.6) is 0 Å². The first-order chi connectivity index (χ1) is 14.5. The highest BCUT2D eigenvalue weighted by Gasteiger charge is 2.40. The summed E-state index contributed by atoms with van der Waals surface area (Å²) in [6.07, 6.45) is 2.15. The molecular weight excluding hydrogens is 417 g/mol. The smallest absolute Gasteiger partial charge is 0.232 e. The van der Waals surface area contributed by atoms with E-state index in [9.17, 15) is 9.59 Å². The molecule has 0 N–H and O–H groups in total. The van der Waals surface area contributed by atoms with Crippen molar-refractivity contribution in [3.05, 3.63) is 87.5 Å². The Morgan fingerprint density at radius 2 is 1.70 bits per heavy atom. The van der Waals surface area contributed by atoms with Crippen LogP contribution in [0.2, 0.25) is 10.0 Å². The molecule has 2 aliphatic rings. The Morgan fingerprint density at radius 3 is 2.53 bits per heavy atom. The van der Waals surface area contributed by atoms with Crippen LogP contribution < -0.4 is 4.90 Å². The standard InChI is InChI=1S/C25H19Cl2NO2/c26-16-11-12-21(20(27)13-16)28-22-9-4-10-23(29)25(22)19(14-24(28)30)18-8-3-6-15-5-1-2-7-17(15)18/h1-3,5-8,11-13,19H,4,9-10,14H2. The van der Waals surface area contributed by atoms with Crippen LogP contribution in [0.25, 0.3) is 10.8 Å². The summed E-state index contributed by atoms with van der Waals surface area (Å²) in [7, 11) is 0. The van der Waals surface area contributed by atoms with E-state index < -0.39 is 0 Å². The summed E-state index contributed by atoms with van der Waals surface area (Å²) in [6, 6.07) is 19.3. The van der Waals surface area contributed by atoms with E-state index in [2.05, 4.69) is 18.2 Å². The van der Waals surface area contributed by atoms with Gasteiger partial charge in [-0.2, -0.15) is 0 Å². The molecule has 0 saturated carbocycles. The largest absolute Gasteiger partial charge is 0.294 e. The van der Waals surface area contributed by atoms with Crippen LogP contribution in [0.1, 0.15) is 37.2 Å². The molecule has 0 aromatic heterocycles. The first-order valence-electron chi connectivity index (χ1n) is 10.1. The van der Waals surface area contributed by atoms with Gasteiger partial charge in [0.2, 0.25) is 5.91 Å². The van der Waals surface area contributed by atoms with Gasteiger partial charge in [-0.25, -0.2) is 0 Å². The van der Waals surface area contributed by atoms with Crippen molar-refractivity contribution in [2.75, 3.05) is 4.90 Å². The predicted molar refractivity (Wildman–Crippen MR) is 121 cm³/mol. The highest BCUT2D eigenvalue weighted by atomic mass is 35.5. The van der Waals surface area contributed by atoms with Crippen molar-refractivity contribution >= 4 is 51.4 Å². The van der Waals surface area contributed by atoms with Crippen LogP contribution in [0.3, 0.4) is 0 Å². The number of amides is 1. The monoisotopic (exact) mass is 435 g/mol. The molecule has 3 nitrogen and oxygen atoms in total. The number of rotatable bonds is 2. The second-order valence-electron chi connectivity index (χ2n) is 7.79. The van der Waals surface area contributed by atoms with Gasteiger partial charge < -0.3 is 0 Å². The molecule has 1 aliphatic heterocycles. The van der Waals surface area contributed by atoms with Gasteiger partial charge in [-0.15, -0.1) is 0 Å². The Labute approximate surface area is 184 Å². The van der Waals surface area contributed by atoms with Crippen molar-refractivity contribution in [1.82, 2.24) is 0 Å². The topological polar surface area (TPSA) is 37.4 Å². The van der Waals surface area contributed by atoms with Gasteiger partial charge in [0.1, 0.15) is 0 Å². The Bertz CT molecular complexity index is 1230. The fourth-order valence-electron chi connectivity index (χ4n) is 4.75. The zero-order valence-electron chi connectivity index (χ0n) is 16.2. The highest BCUT2D eigenvalue weighted by Crippen LogP contribution is 2.46. The number of hydrogen-bond acceptors (Lipinski definition) is 2.